The van der Waals surface area contributed by atoms with Gasteiger partial charge in [-0.15, -0.1) is 11.3 Å². The Bertz CT molecular complexity index is 1120. The summed E-state index contributed by atoms with van der Waals surface area (Å²) in [4.78, 5) is 16.7. The number of nitrogens with zero attached hydrogens (tertiary/aromatic N) is 2. The summed E-state index contributed by atoms with van der Waals surface area (Å²) < 4.78 is 78.2. The van der Waals surface area contributed by atoms with Crippen LogP contribution in [0.2, 0.25) is 0 Å². The average molecular weight is 469 g/mol. The van der Waals surface area contributed by atoms with Crippen LogP contribution in [0.5, 0.6) is 0 Å². The van der Waals surface area contributed by atoms with Gasteiger partial charge >= 0.3 is 12.4 Å². The Kier molecular flexibility index (Phi) is 6.55. The molecule has 1 atom stereocenters. The Balaban J connectivity index is 1.80. The lowest BCUT2D eigenvalue weighted by Gasteiger charge is -2.15. The number of alkyl halides is 6. The van der Waals surface area contributed by atoms with E-state index in [9.17, 15) is 36.4 Å². The van der Waals surface area contributed by atoms with Crippen molar-refractivity contribution in [3.63, 3.8) is 0 Å². The van der Waals surface area contributed by atoms with Gasteiger partial charge in [-0.1, -0.05) is 30.3 Å². The number of halogens is 6. The molecule has 0 aliphatic heterocycles. The lowest BCUT2D eigenvalue weighted by molar-refractivity contribution is -0.143. The van der Waals surface area contributed by atoms with Crippen molar-refractivity contribution in [3.8, 4) is 17.3 Å². The molecule has 0 saturated heterocycles. The number of anilines is 1. The Morgan fingerprint density at radius 3 is 2.16 bits per heavy atom. The first-order valence-electron chi connectivity index (χ1n) is 8.97. The van der Waals surface area contributed by atoms with E-state index in [0.29, 0.717) is 17.8 Å². The van der Waals surface area contributed by atoms with E-state index in [-0.39, 0.29) is 11.2 Å². The zero-order valence-electron chi connectivity index (χ0n) is 16.0. The second-order valence-corrected chi connectivity index (χ2v) is 7.55. The first kappa shape index (κ1) is 23.3. The van der Waals surface area contributed by atoms with E-state index < -0.39 is 47.3 Å². The van der Waals surface area contributed by atoms with Gasteiger partial charge in [0.2, 0.25) is 5.91 Å². The fraction of sp³-hybridized carbons (Fsp3) is 0.190. The number of hydrogen-bond donors (Lipinski definition) is 1. The third-order valence-electron chi connectivity index (χ3n) is 4.36. The summed E-state index contributed by atoms with van der Waals surface area (Å²) >= 11 is 1.07. The monoisotopic (exact) mass is 469 g/mol. The van der Waals surface area contributed by atoms with Crippen LogP contribution in [0.4, 0.5) is 31.5 Å². The van der Waals surface area contributed by atoms with Crippen molar-refractivity contribution in [1.29, 1.82) is 5.26 Å². The molecule has 4 nitrogen and oxygen atoms in total. The number of benzene rings is 2. The highest BCUT2D eigenvalue weighted by Crippen LogP contribution is 2.37. The van der Waals surface area contributed by atoms with Gasteiger partial charge in [0.15, 0.2) is 5.13 Å². The van der Waals surface area contributed by atoms with Gasteiger partial charge in [-0.2, -0.15) is 31.6 Å². The molecule has 0 fully saturated rings. The van der Waals surface area contributed by atoms with E-state index in [1.165, 1.54) is 0 Å². The molecule has 0 bridgehead atoms. The molecule has 1 N–H and O–H groups in total. The van der Waals surface area contributed by atoms with Gasteiger partial charge in [-0.25, -0.2) is 4.98 Å². The van der Waals surface area contributed by atoms with Crippen LogP contribution in [0.3, 0.4) is 0 Å². The van der Waals surface area contributed by atoms with Crippen molar-refractivity contribution >= 4 is 22.4 Å². The SMILES string of the molecule is N#CC(Cc1cc(C(F)(F)F)cc(C(F)(F)F)c1)C(=O)Nc1nc(-c2ccccc2)cs1. The molecule has 11 heteroatoms. The molecule has 0 aliphatic carbocycles. The molecule has 1 unspecified atom stereocenters. The Hall–Kier alpha value is -3.39. The molecule has 32 heavy (non-hydrogen) atoms. The van der Waals surface area contributed by atoms with Crippen molar-refractivity contribution in [3.05, 3.63) is 70.6 Å². The fourth-order valence-electron chi connectivity index (χ4n) is 2.84. The van der Waals surface area contributed by atoms with Crippen LogP contribution in [-0.2, 0) is 23.6 Å². The van der Waals surface area contributed by atoms with E-state index in [0.717, 1.165) is 16.9 Å². The summed E-state index contributed by atoms with van der Waals surface area (Å²) in [5, 5.41) is 13.5. The zero-order valence-corrected chi connectivity index (χ0v) is 16.8. The van der Waals surface area contributed by atoms with E-state index in [4.69, 9.17) is 0 Å². The zero-order chi connectivity index (χ0) is 23.5. The number of aromatic nitrogens is 1. The van der Waals surface area contributed by atoms with Crippen LogP contribution in [0.25, 0.3) is 11.3 Å². The lowest BCUT2D eigenvalue weighted by atomic mass is 9.96. The first-order chi connectivity index (χ1) is 15.0. The summed E-state index contributed by atoms with van der Waals surface area (Å²) in [6, 6.07) is 11.6. The predicted octanol–water partition coefficient (Wildman–Crippen LogP) is 6.17. The van der Waals surface area contributed by atoms with Crippen LogP contribution in [-0.4, -0.2) is 10.9 Å². The third kappa shape index (κ3) is 5.64. The molecule has 3 aromatic rings. The lowest BCUT2D eigenvalue weighted by Crippen LogP contribution is -2.24. The van der Waals surface area contributed by atoms with Crippen molar-refractivity contribution in [2.75, 3.05) is 5.32 Å². The maximum atomic E-state index is 13.0. The third-order valence-corrected chi connectivity index (χ3v) is 5.12. The Morgan fingerprint density at radius 2 is 1.62 bits per heavy atom. The summed E-state index contributed by atoms with van der Waals surface area (Å²) in [5.74, 6) is -2.41. The van der Waals surface area contributed by atoms with E-state index in [2.05, 4.69) is 10.3 Å². The number of nitrogens with one attached hydrogen (secondary N) is 1. The minimum Gasteiger partial charge on any atom is -0.301 e. The van der Waals surface area contributed by atoms with Gasteiger partial charge in [0.1, 0.15) is 5.92 Å². The molecule has 0 spiro atoms. The molecule has 0 saturated carbocycles. The molecule has 0 aliphatic rings. The van der Waals surface area contributed by atoms with Crippen molar-refractivity contribution in [1.82, 2.24) is 4.98 Å². The molecule has 3 rings (SSSR count). The number of carbonyl (C=O) groups is 1. The molecule has 1 heterocycles. The van der Waals surface area contributed by atoms with E-state index >= 15 is 0 Å². The first-order valence-corrected chi connectivity index (χ1v) is 9.85. The van der Waals surface area contributed by atoms with Crippen LogP contribution in [0.1, 0.15) is 16.7 Å². The van der Waals surface area contributed by atoms with Gasteiger partial charge in [-0.3, -0.25) is 4.79 Å². The molecule has 2 aromatic carbocycles. The number of hydrogen-bond acceptors (Lipinski definition) is 4. The van der Waals surface area contributed by atoms with Gasteiger partial charge in [0.05, 0.1) is 22.9 Å². The molecular formula is C21H13F6N3OS. The summed E-state index contributed by atoms with van der Waals surface area (Å²) in [6.45, 7) is 0. The highest BCUT2D eigenvalue weighted by Gasteiger charge is 2.37. The topological polar surface area (TPSA) is 65.8 Å². The number of rotatable bonds is 5. The highest BCUT2D eigenvalue weighted by atomic mass is 32.1. The smallest absolute Gasteiger partial charge is 0.301 e. The molecular weight excluding hydrogens is 456 g/mol. The highest BCUT2D eigenvalue weighted by molar-refractivity contribution is 7.14. The molecule has 1 aromatic heterocycles. The second-order valence-electron chi connectivity index (χ2n) is 6.69. The molecule has 1 amide bonds. The largest absolute Gasteiger partial charge is 0.416 e. The number of thiazole rings is 1. The Morgan fingerprint density at radius 1 is 1.03 bits per heavy atom. The predicted molar refractivity (Wildman–Crippen MR) is 105 cm³/mol. The van der Waals surface area contributed by atoms with Crippen molar-refractivity contribution < 1.29 is 31.1 Å². The summed E-state index contributed by atoms with van der Waals surface area (Å²) in [5.41, 5.74) is -2.10. The standard InChI is InChI=1S/C21H13F6N3OS/c22-20(23,24)15-7-12(8-16(9-15)21(25,26)27)6-14(10-28)18(31)30-19-29-17(11-32-19)13-4-2-1-3-5-13/h1-5,7-9,11,14H,6H2,(H,29,30,31). The quantitative estimate of drug-likeness (QED) is 0.455. The maximum Gasteiger partial charge on any atom is 0.416 e. The van der Waals surface area contributed by atoms with Crippen LogP contribution >= 0.6 is 11.3 Å². The second kappa shape index (κ2) is 9.00. The average Bonchev–Trinajstić information content (AvgIpc) is 3.19. The Labute approximate surface area is 182 Å². The van der Waals surface area contributed by atoms with Crippen LogP contribution < -0.4 is 5.32 Å². The van der Waals surface area contributed by atoms with Crippen LogP contribution in [0.15, 0.2) is 53.9 Å². The molecule has 166 valence electrons. The number of carbonyl (C=O) groups excluding carboxylic acids is 1. The minimum atomic E-state index is -5.02. The number of nitriles is 1. The van der Waals surface area contributed by atoms with Gasteiger partial charge in [-0.05, 0) is 30.2 Å². The van der Waals surface area contributed by atoms with Crippen molar-refractivity contribution in [2.45, 2.75) is 18.8 Å². The van der Waals surface area contributed by atoms with Crippen molar-refractivity contribution in [2.24, 2.45) is 5.92 Å². The van der Waals surface area contributed by atoms with E-state index in [1.807, 2.05) is 6.07 Å². The summed E-state index contributed by atoms with van der Waals surface area (Å²) in [7, 11) is 0. The normalized spacial score (nSPS) is 12.8. The van der Waals surface area contributed by atoms with Crippen LogP contribution in [0, 0.1) is 17.2 Å². The van der Waals surface area contributed by atoms with Gasteiger partial charge < -0.3 is 5.32 Å². The van der Waals surface area contributed by atoms with Gasteiger partial charge in [0.25, 0.3) is 0 Å². The summed E-state index contributed by atoms with van der Waals surface area (Å²) in [6.07, 6.45) is -10.7. The number of amides is 1. The maximum absolute atomic E-state index is 13.0. The minimum absolute atomic E-state index is 0.00830. The molecule has 0 radical (unpaired) electrons. The fourth-order valence-corrected chi connectivity index (χ4v) is 3.56. The van der Waals surface area contributed by atoms with Gasteiger partial charge in [0, 0.05) is 10.9 Å². The van der Waals surface area contributed by atoms with E-state index in [1.54, 1.807) is 35.7 Å².